The highest BCUT2D eigenvalue weighted by atomic mass is 35.5. The number of fused-ring (bicyclic) bond motifs is 2. The zero-order chi connectivity index (χ0) is 26.3. The van der Waals surface area contributed by atoms with Gasteiger partial charge in [-0.1, -0.05) is 64.1 Å². The van der Waals surface area contributed by atoms with E-state index in [4.69, 9.17) is 67.5 Å². The van der Waals surface area contributed by atoms with Crippen LogP contribution < -0.4 is 14.4 Å². The molecule has 37 heavy (non-hydrogen) atoms. The maximum Gasteiger partial charge on any atom is 0.264 e. The fourth-order valence-electron chi connectivity index (χ4n) is 4.93. The number of ether oxygens (including phenoxy) is 2. The van der Waals surface area contributed by atoms with Crippen LogP contribution in [0.15, 0.2) is 36.4 Å². The molecule has 7 nitrogen and oxygen atoms in total. The highest BCUT2D eigenvalue weighted by Gasteiger charge is 2.58. The molecule has 0 radical (unpaired) electrons. The van der Waals surface area contributed by atoms with E-state index in [1.54, 1.807) is 36.4 Å². The summed E-state index contributed by atoms with van der Waals surface area (Å²) in [4.78, 5) is 43.2. The van der Waals surface area contributed by atoms with E-state index < -0.39 is 29.8 Å². The van der Waals surface area contributed by atoms with Gasteiger partial charge < -0.3 is 14.4 Å². The number of rotatable bonds is 3. The van der Waals surface area contributed by atoms with E-state index in [0.717, 1.165) is 10.5 Å². The quantitative estimate of drug-likeness (QED) is 0.144. The summed E-state index contributed by atoms with van der Waals surface area (Å²) in [6, 6.07) is 8.31. The summed E-state index contributed by atoms with van der Waals surface area (Å²) in [5.74, 6) is -1.03. The number of hydrogen-bond acceptors (Lipinski definition) is 5. The highest BCUT2D eigenvalue weighted by Crippen LogP contribution is 2.50. The van der Waals surface area contributed by atoms with Crippen molar-refractivity contribution in [2.45, 2.75) is 19.0 Å². The SMILES string of the molecule is Cc1cc(Cl)ccc1N1C(=O)[C@H](N2C(=O)c3c(Cl)c(Cl)c(Cl)c(Cl)c3C2=O)[C@H]1c1ccc2c(c1)OCO2. The van der Waals surface area contributed by atoms with Crippen LogP contribution in [0.4, 0.5) is 5.69 Å². The summed E-state index contributed by atoms with van der Waals surface area (Å²) >= 11 is 31.1. The fourth-order valence-corrected chi connectivity index (χ4v) is 6.17. The molecule has 3 aromatic carbocycles. The molecule has 3 aliphatic heterocycles. The lowest BCUT2D eigenvalue weighted by Crippen LogP contribution is -2.67. The highest BCUT2D eigenvalue weighted by molar-refractivity contribution is 6.55. The Hall–Kier alpha value is -2.68. The minimum absolute atomic E-state index is 0.0583. The average Bonchev–Trinajstić information content (AvgIpc) is 3.43. The standard InChI is InChI=1S/C25H13Cl5N2O5/c1-9-6-11(26)3-4-12(9)31-21(10-2-5-13-14(7-10)37-8-36-13)22(25(31)35)32-23(33)15-16(24(32)34)18(28)20(30)19(29)17(15)27/h2-7,21-22H,8H2,1H3/t21-,22-/m1/s1. The van der Waals surface area contributed by atoms with Gasteiger partial charge >= 0.3 is 0 Å². The van der Waals surface area contributed by atoms with E-state index in [1.807, 2.05) is 6.92 Å². The summed E-state index contributed by atoms with van der Waals surface area (Å²) in [7, 11) is 0. The van der Waals surface area contributed by atoms with Crippen LogP contribution in [0.2, 0.25) is 25.1 Å². The van der Waals surface area contributed by atoms with Crippen molar-refractivity contribution >= 4 is 81.4 Å². The summed E-state index contributed by atoms with van der Waals surface area (Å²) in [6.07, 6.45) is 0. The zero-order valence-corrected chi connectivity index (χ0v) is 22.4. The van der Waals surface area contributed by atoms with Crippen LogP contribution in [0, 0.1) is 6.92 Å². The Balaban J connectivity index is 1.49. The number of β-lactam (4-membered cyclic amide) rings is 1. The van der Waals surface area contributed by atoms with E-state index in [9.17, 15) is 14.4 Å². The van der Waals surface area contributed by atoms with Gasteiger partial charge in [-0.2, -0.15) is 0 Å². The Morgan fingerprint density at radius 3 is 1.97 bits per heavy atom. The molecule has 6 rings (SSSR count). The van der Waals surface area contributed by atoms with Crippen LogP contribution in [0.3, 0.4) is 0 Å². The number of carbonyl (C=O) groups is 3. The number of benzene rings is 3. The van der Waals surface area contributed by atoms with E-state index in [0.29, 0.717) is 27.8 Å². The Bertz CT molecular complexity index is 1530. The summed E-state index contributed by atoms with van der Waals surface area (Å²) in [5, 5.41) is -0.210. The minimum atomic E-state index is -1.20. The van der Waals surface area contributed by atoms with Crippen molar-refractivity contribution in [2.24, 2.45) is 0 Å². The number of amides is 3. The molecular weight excluding hydrogens is 586 g/mol. The molecule has 1 saturated heterocycles. The second-order valence-corrected chi connectivity index (χ2v) is 10.6. The molecule has 3 heterocycles. The first kappa shape index (κ1) is 24.6. The van der Waals surface area contributed by atoms with E-state index in [2.05, 4.69) is 0 Å². The van der Waals surface area contributed by atoms with Gasteiger partial charge in [0, 0.05) is 10.7 Å². The second-order valence-electron chi connectivity index (χ2n) is 8.63. The lowest BCUT2D eigenvalue weighted by Gasteiger charge is -2.50. The van der Waals surface area contributed by atoms with Gasteiger partial charge in [0.05, 0.1) is 37.3 Å². The third-order valence-corrected chi connectivity index (χ3v) is 8.67. The molecular formula is C25H13Cl5N2O5. The predicted octanol–water partition coefficient (Wildman–Crippen LogP) is 6.74. The molecule has 0 unspecified atom stereocenters. The van der Waals surface area contributed by atoms with Crippen LogP contribution in [-0.2, 0) is 4.79 Å². The van der Waals surface area contributed by atoms with Crippen molar-refractivity contribution in [3.8, 4) is 11.5 Å². The number of imide groups is 1. The molecule has 3 amide bonds. The molecule has 0 bridgehead atoms. The third-order valence-electron chi connectivity index (χ3n) is 6.63. The Morgan fingerprint density at radius 2 is 1.35 bits per heavy atom. The maximum absolute atomic E-state index is 13.7. The van der Waals surface area contributed by atoms with Gasteiger partial charge in [0.2, 0.25) is 6.79 Å². The summed E-state index contributed by atoms with van der Waals surface area (Å²) in [6.45, 7) is 1.87. The molecule has 3 aliphatic rings. The van der Waals surface area contributed by atoms with Gasteiger partial charge in [0.15, 0.2) is 11.5 Å². The Labute approximate surface area is 235 Å². The largest absolute Gasteiger partial charge is 0.454 e. The molecule has 0 spiro atoms. The molecule has 188 valence electrons. The Morgan fingerprint density at radius 1 is 0.730 bits per heavy atom. The van der Waals surface area contributed by atoms with Gasteiger partial charge in [-0.05, 0) is 48.4 Å². The molecule has 12 heteroatoms. The van der Waals surface area contributed by atoms with Gasteiger partial charge in [-0.15, -0.1) is 0 Å². The van der Waals surface area contributed by atoms with E-state index in [1.165, 1.54) is 4.90 Å². The number of hydrogen-bond donors (Lipinski definition) is 0. The van der Waals surface area contributed by atoms with Gasteiger partial charge in [0.25, 0.3) is 17.7 Å². The molecule has 0 N–H and O–H groups in total. The van der Waals surface area contributed by atoms with Crippen molar-refractivity contribution in [3.05, 3.63) is 83.8 Å². The van der Waals surface area contributed by atoms with Crippen LogP contribution in [0.1, 0.15) is 37.9 Å². The summed E-state index contributed by atoms with van der Waals surface area (Å²) in [5.41, 5.74) is 1.55. The molecule has 3 aromatic rings. The maximum atomic E-state index is 13.7. The van der Waals surface area contributed by atoms with Crippen molar-refractivity contribution in [3.63, 3.8) is 0 Å². The predicted molar refractivity (Wildman–Crippen MR) is 140 cm³/mol. The number of halogens is 5. The Kier molecular flexibility index (Phi) is 5.78. The minimum Gasteiger partial charge on any atom is -0.454 e. The number of aryl methyl sites for hydroxylation is 1. The molecule has 2 atom stereocenters. The van der Waals surface area contributed by atoms with Crippen molar-refractivity contribution < 1.29 is 23.9 Å². The zero-order valence-electron chi connectivity index (χ0n) is 18.7. The van der Waals surface area contributed by atoms with E-state index in [-0.39, 0.29) is 38.0 Å². The number of anilines is 1. The van der Waals surface area contributed by atoms with Crippen LogP contribution >= 0.6 is 58.0 Å². The van der Waals surface area contributed by atoms with E-state index >= 15 is 0 Å². The third kappa shape index (κ3) is 3.45. The monoisotopic (exact) mass is 596 g/mol. The topological polar surface area (TPSA) is 76.2 Å². The van der Waals surface area contributed by atoms with Crippen molar-refractivity contribution in [1.29, 1.82) is 0 Å². The summed E-state index contributed by atoms with van der Waals surface area (Å²) < 4.78 is 10.9. The van der Waals surface area contributed by atoms with Gasteiger partial charge in [0.1, 0.15) is 6.04 Å². The van der Waals surface area contributed by atoms with Gasteiger partial charge in [-0.3, -0.25) is 19.3 Å². The van der Waals surface area contributed by atoms with Crippen molar-refractivity contribution in [1.82, 2.24) is 4.90 Å². The first-order valence-corrected chi connectivity index (χ1v) is 12.7. The average molecular weight is 599 g/mol. The number of carbonyl (C=O) groups excluding carboxylic acids is 3. The van der Waals surface area contributed by atoms with Crippen LogP contribution in [-0.4, -0.2) is 35.5 Å². The van der Waals surface area contributed by atoms with Gasteiger partial charge in [-0.25, -0.2) is 0 Å². The normalized spacial score (nSPS) is 20.0. The number of nitrogens with zero attached hydrogens (tertiary/aromatic N) is 2. The van der Waals surface area contributed by atoms with Crippen LogP contribution in [0.5, 0.6) is 11.5 Å². The molecule has 1 fully saturated rings. The lowest BCUT2D eigenvalue weighted by molar-refractivity contribution is -0.130. The molecule has 0 saturated carbocycles. The first-order valence-electron chi connectivity index (χ1n) is 10.8. The lowest BCUT2D eigenvalue weighted by atomic mass is 9.85. The first-order chi connectivity index (χ1) is 17.6. The van der Waals surface area contributed by atoms with Crippen LogP contribution in [0.25, 0.3) is 0 Å². The molecule has 0 aromatic heterocycles. The second kappa shape index (κ2) is 8.68. The molecule has 0 aliphatic carbocycles. The fraction of sp³-hybridized carbons (Fsp3) is 0.160. The smallest absolute Gasteiger partial charge is 0.264 e. The van der Waals surface area contributed by atoms with Crippen molar-refractivity contribution in [2.75, 3.05) is 11.7 Å².